The fourth-order valence-corrected chi connectivity index (χ4v) is 3.16. The number of ether oxygens (including phenoxy) is 1. The maximum Gasteiger partial charge on any atom is 0.416 e. The van der Waals surface area contributed by atoms with Gasteiger partial charge in [-0.1, -0.05) is 12.1 Å². The summed E-state index contributed by atoms with van der Waals surface area (Å²) < 4.78 is 44.4. The molecule has 0 aliphatic carbocycles. The van der Waals surface area contributed by atoms with E-state index in [2.05, 4.69) is 5.32 Å². The Bertz CT molecular complexity index is 1100. The minimum absolute atomic E-state index is 0.0600. The predicted octanol–water partition coefficient (Wildman–Crippen LogP) is 5.33. The van der Waals surface area contributed by atoms with Gasteiger partial charge in [-0.25, -0.2) is 0 Å². The fourth-order valence-electron chi connectivity index (χ4n) is 3.16. The second kappa shape index (κ2) is 8.59. The van der Waals surface area contributed by atoms with Gasteiger partial charge in [-0.15, -0.1) is 0 Å². The van der Waals surface area contributed by atoms with E-state index in [4.69, 9.17) is 10.5 Å². The van der Waals surface area contributed by atoms with Crippen LogP contribution >= 0.6 is 0 Å². The maximum absolute atomic E-state index is 12.8. The van der Waals surface area contributed by atoms with Crippen LogP contribution in [0.1, 0.15) is 32.6 Å². The van der Waals surface area contributed by atoms with Crippen LogP contribution in [0.5, 0.6) is 17.2 Å². The van der Waals surface area contributed by atoms with Crippen LogP contribution < -0.4 is 15.8 Å². The summed E-state index contributed by atoms with van der Waals surface area (Å²) in [5.74, 6) is -0.0287. The molecule has 31 heavy (non-hydrogen) atoms. The minimum atomic E-state index is -4.47. The van der Waals surface area contributed by atoms with E-state index in [0.717, 1.165) is 23.3 Å². The molecule has 0 aliphatic rings. The molecule has 0 saturated heterocycles. The number of aryl methyl sites for hydroxylation is 2. The second-order valence-electron chi connectivity index (χ2n) is 7.15. The average Bonchev–Trinajstić information content (AvgIpc) is 2.69. The van der Waals surface area contributed by atoms with Gasteiger partial charge in [-0.05, 0) is 73.0 Å². The van der Waals surface area contributed by atoms with E-state index in [1.54, 1.807) is 12.1 Å². The number of anilines is 1. The monoisotopic (exact) mass is 430 g/mol. The summed E-state index contributed by atoms with van der Waals surface area (Å²) in [6.07, 6.45) is -4.47. The number of halogens is 3. The smallest absolute Gasteiger partial charge is 0.416 e. The maximum atomic E-state index is 12.8. The van der Waals surface area contributed by atoms with Crippen LogP contribution in [-0.4, -0.2) is 11.0 Å². The van der Waals surface area contributed by atoms with E-state index < -0.39 is 17.6 Å². The lowest BCUT2D eigenvalue weighted by Gasteiger charge is -2.14. The highest BCUT2D eigenvalue weighted by molar-refractivity contribution is 5.97. The molecule has 3 aromatic rings. The number of benzene rings is 3. The minimum Gasteiger partial charge on any atom is -0.507 e. The van der Waals surface area contributed by atoms with E-state index >= 15 is 0 Å². The number of hydrogen-bond acceptors (Lipinski definition) is 4. The Morgan fingerprint density at radius 2 is 1.74 bits per heavy atom. The Morgan fingerprint density at radius 1 is 1.06 bits per heavy atom. The summed E-state index contributed by atoms with van der Waals surface area (Å²) in [5.41, 5.74) is 7.45. The Labute approximate surface area is 177 Å². The average molecular weight is 430 g/mol. The van der Waals surface area contributed by atoms with Gasteiger partial charge in [0.1, 0.15) is 17.2 Å². The Morgan fingerprint density at radius 3 is 2.39 bits per heavy atom. The molecule has 5 nitrogen and oxygen atoms in total. The quantitative estimate of drug-likeness (QED) is 0.478. The van der Waals surface area contributed by atoms with Gasteiger partial charge in [0.05, 0.1) is 11.1 Å². The van der Waals surface area contributed by atoms with Gasteiger partial charge in [0.2, 0.25) is 0 Å². The SMILES string of the molecule is Cc1cc(N)cc(C)c1Oc1ccc(O)c(C(=O)NCc2cccc(C(F)(F)F)c2)c1. The first-order valence-electron chi connectivity index (χ1n) is 9.36. The van der Waals surface area contributed by atoms with E-state index in [9.17, 15) is 23.1 Å². The Balaban J connectivity index is 1.77. The van der Waals surface area contributed by atoms with Crippen LogP contribution in [-0.2, 0) is 12.7 Å². The van der Waals surface area contributed by atoms with Gasteiger partial charge in [0, 0.05) is 12.2 Å². The summed E-state index contributed by atoms with van der Waals surface area (Å²) in [6.45, 7) is 3.53. The summed E-state index contributed by atoms with van der Waals surface area (Å²) >= 11 is 0. The van der Waals surface area contributed by atoms with Crippen molar-refractivity contribution in [1.29, 1.82) is 0 Å². The van der Waals surface area contributed by atoms with Crippen molar-refractivity contribution >= 4 is 11.6 Å². The van der Waals surface area contributed by atoms with Crippen molar-refractivity contribution in [3.63, 3.8) is 0 Å². The highest BCUT2D eigenvalue weighted by atomic mass is 19.4. The van der Waals surface area contributed by atoms with Crippen LogP contribution in [0, 0.1) is 13.8 Å². The van der Waals surface area contributed by atoms with Crippen molar-refractivity contribution in [2.24, 2.45) is 0 Å². The zero-order chi connectivity index (χ0) is 22.8. The molecule has 0 fully saturated rings. The first-order chi connectivity index (χ1) is 14.5. The first-order valence-corrected chi connectivity index (χ1v) is 9.36. The van der Waals surface area contributed by atoms with Crippen LogP contribution in [0.2, 0.25) is 0 Å². The molecule has 1 amide bonds. The standard InChI is InChI=1S/C23H21F3N2O3/c1-13-8-17(27)9-14(2)21(13)31-18-6-7-20(29)19(11-18)22(30)28-12-15-4-3-5-16(10-15)23(24,25)26/h3-11,29H,12,27H2,1-2H3,(H,28,30). The number of phenolic OH excluding ortho intramolecular Hbond substituents is 1. The van der Waals surface area contributed by atoms with Crippen LogP contribution in [0.3, 0.4) is 0 Å². The number of rotatable bonds is 5. The Hall–Kier alpha value is -3.68. The number of nitrogen functional groups attached to an aromatic ring is 1. The van der Waals surface area contributed by atoms with Gasteiger partial charge in [-0.2, -0.15) is 13.2 Å². The third-order valence-electron chi connectivity index (χ3n) is 4.62. The van der Waals surface area contributed by atoms with E-state index in [1.165, 1.54) is 30.3 Å². The number of amides is 1. The van der Waals surface area contributed by atoms with Crippen molar-refractivity contribution in [2.75, 3.05) is 5.73 Å². The molecule has 0 aliphatic heterocycles. The number of nitrogens with two attached hydrogens (primary N) is 1. The molecule has 0 aromatic heterocycles. The van der Waals surface area contributed by atoms with Crippen molar-refractivity contribution in [3.05, 3.63) is 82.4 Å². The molecule has 0 atom stereocenters. The molecule has 0 spiro atoms. The Kier molecular flexibility index (Phi) is 6.10. The lowest BCUT2D eigenvalue weighted by atomic mass is 10.1. The van der Waals surface area contributed by atoms with Crippen molar-refractivity contribution in [1.82, 2.24) is 5.32 Å². The van der Waals surface area contributed by atoms with Crippen molar-refractivity contribution in [2.45, 2.75) is 26.6 Å². The van der Waals surface area contributed by atoms with Gasteiger partial charge in [0.25, 0.3) is 5.91 Å². The third kappa shape index (κ3) is 5.28. The number of alkyl halides is 3. The van der Waals surface area contributed by atoms with Gasteiger partial charge < -0.3 is 20.9 Å². The molecular weight excluding hydrogens is 409 g/mol. The summed E-state index contributed by atoms with van der Waals surface area (Å²) in [7, 11) is 0. The summed E-state index contributed by atoms with van der Waals surface area (Å²) in [4.78, 5) is 12.5. The molecule has 0 heterocycles. The highest BCUT2D eigenvalue weighted by Crippen LogP contribution is 2.33. The lowest BCUT2D eigenvalue weighted by molar-refractivity contribution is -0.137. The van der Waals surface area contributed by atoms with Gasteiger partial charge in [0.15, 0.2) is 0 Å². The number of hydrogen-bond donors (Lipinski definition) is 3. The molecule has 0 unspecified atom stereocenters. The number of nitrogens with one attached hydrogen (secondary N) is 1. The largest absolute Gasteiger partial charge is 0.507 e. The third-order valence-corrected chi connectivity index (χ3v) is 4.62. The van der Waals surface area contributed by atoms with Gasteiger partial charge in [-0.3, -0.25) is 4.79 Å². The number of phenols is 1. The number of carbonyl (C=O) groups is 1. The number of aromatic hydroxyl groups is 1. The molecule has 8 heteroatoms. The topological polar surface area (TPSA) is 84.6 Å². The zero-order valence-corrected chi connectivity index (χ0v) is 16.9. The molecule has 3 aromatic carbocycles. The van der Waals surface area contributed by atoms with Gasteiger partial charge >= 0.3 is 6.18 Å². The van der Waals surface area contributed by atoms with Crippen molar-refractivity contribution < 1.29 is 27.8 Å². The molecule has 3 rings (SSSR count). The summed E-state index contributed by atoms with van der Waals surface area (Å²) in [6, 6.07) is 12.4. The molecule has 4 N–H and O–H groups in total. The molecule has 0 bridgehead atoms. The van der Waals surface area contributed by atoms with Crippen LogP contribution in [0.25, 0.3) is 0 Å². The van der Waals surface area contributed by atoms with Crippen LogP contribution in [0.4, 0.5) is 18.9 Å². The molecular formula is C23H21F3N2O3. The summed E-state index contributed by atoms with van der Waals surface area (Å²) in [5, 5.41) is 12.6. The van der Waals surface area contributed by atoms with E-state index in [0.29, 0.717) is 17.2 Å². The molecule has 0 saturated carbocycles. The van der Waals surface area contributed by atoms with E-state index in [1.807, 2.05) is 13.8 Å². The number of carbonyl (C=O) groups excluding carboxylic acids is 1. The fraction of sp³-hybridized carbons (Fsp3) is 0.174. The normalized spacial score (nSPS) is 11.3. The zero-order valence-electron chi connectivity index (χ0n) is 16.9. The van der Waals surface area contributed by atoms with Crippen molar-refractivity contribution in [3.8, 4) is 17.2 Å². The first kappa shape index (κ1) is 22.0. The predicted molar refractivity (Wildman–Crippen MR) is 111 cm³/mol. The molecule has 162 valence electrons. The lowest BCUT2D eigenvalue weighted by Crippen LogP contribution is -2.23. The molecule has 0 radical (unpaired) electrons. The highest BCUT2D eigenvalue weighted by Gasteiger charge is 2.30. The second-order valence-corrected chi connectivity index (χ2v) is 7.15. The van der Waals surface area contributed by atoms with E-state index in [-0.39, 0.29) is 23.4 Å². The van der Waals surface area contributed by atoms with Crippen LogP contribution in [0.15, 0.2) is 54.6 Å².